The molecule has 0 aliphatic carbocycles. The van der Waals surface area contributed by atoms with Crippen LogP contribution in [0.15, 0.2) is 18.2 Å². The minimum atomic E-state index is -0.839. The van der Waals surface area contributed by atoms with Gasteiger partial charge in [0.25, 0.3) is 0 Å². The summed E-state index contributed by atoms with van der Waals surface area (Å²) in [6.45, 7) is 4.76. The molecule has 0 spiro atoms. The van der Waals surface area contributed by atoms with Gasteiger partial charge in [-0.2, -0.15) is 0 Å². The highest BCUT2D eigenvalue weighted by molar-refractivity contribution is 6.39. The molecule has 0 unspecified atom stereocenters. The van der Waals surface area contributed by atoms with Crippen molar-refractivity contribution in [1.29, 1.82) is 0 Å². The van der Waals surface area contributed by atoms with Crippen LogP contribution in [0.4, 0.5) is 5.82 Å². The zero-order valence-electron chi connectivity index (χ0n) is 10.7. The molecule has 1 aromatic heterocycles. The fraction of sp³-hybridized carbons (Fsp3) is 0.417. The Hall–Kier alpha value is -1.95. The van der Waals surface area contributed by atoms with E-state index in [1.807, 2.05) is 0 Å². The maximum atomic E-state index is 11.6. The average Bonchev–Trinajstić information content (AvgIpc) is 2.28. The number of amides is 2. The normalized spacial score (nSPS) is 10.9. The Bertz CT molecular complexity index is 458. The predicted molar refractivity (Wildman–Crippen MR) is 66.9 cm³/mol. The molecule has 0 aromatic carbocycles. The number of hydrogen-bond acceptors (Lipinski definition) is 4. The lowest BCUT2D eigenvalue weighted by atomic mass is 10.1. The number of nitrogens with zero attached hydrogens (tertiary/aromatic N) is 1. The number of aliphatic hydroxyl groups is 1. The van der Waals surface area contributed by atoms with E-state index in [9.17, 15) is 9.59 Å². The highest BCUT2D eigenvalue weighted by Crippen LogP contribution is 2.04. The summed E-state index contributed by atoms with van der Waals surface area (Å²) in [7, 11) is 0. The molecule has 0 bridgehead atoms. The third-order valence-electron chi connectivity index (χ3n) is 2.18. The van der Waals surface area contributed by atoms with Gasteiger partial charge >= 0.3 is 11.8 Å². The van der Waals surface area contributed by atoms with Gasteiger partial charge in [0.15, 0.2) is 0 Å². The number of aryl methyl sites for hydroxylation is 1. The average molecular weight is 251 g/mol. The Kier molecular flexibility index (Phi) is 4.38. The van der Waals surface area contributed by atoms with E-state index in [0.29, 0.717) is 5.82 Å². The van der Waals surface area contributed by atoms with Crippen LogP contribution in [0.2, 0.25) is 0 Å². The van der Waals surface area contributed by atoms with Gasteiger partial charge in [0.05, 0.1) is 12.1 Å². The summed E-state index contributed by atoms with van der Waals surface area (Å²) in [4.78, 5) is 27.2. The Morgan fingerprint density at radius 3 is 2.56 bits per heavy atom. The molecule has 0 fully saturated rings. The predicted octanol–water partition coefficient (Wildman–Crippen LogP) is 0.216. The van der Waals surface area contributed by atoms with Gasteiger partial charge in [-0.05, 0) is 32.9 Å². The molecule has 98 valence electrons. The topological polar surface area (TPSA) is 91.3 Å². The molecule has 0 aliphatic heterocycles. The molecule has 6 heteroatoms. The maximum Gasteiger partial charge on any atom is 0.314 e. The molecule has 1 rings (SSSR count). The number of anilines is 1. The molecule has 0 radical (unpaired) electrons. The van der Waals surface area contributed by atoms with Crippen molar-refractivity contribution >= 4 is 17.6 Å². The van der Waals surface area contributed by atoms with Crippen LogP contribution in [0.1, 0.15) is 19.5 Å². The summed E-state index contributed by atoms with van der Waals surface area (Å²) in [5.41, 5.74) is -0.0991. The molecule has 18 heavy (non-hydrogen) atoms. The number of carbonyl (C=O) groups excluding carboxylic acids is 2. The van der Waals surface area contributed by atoms with Gasteiger partial charge in [-0.1, -0.05) is 6.07 Å². The standard InChI is InChI=1S/C12H17N3O3/c1-8-5-4-6-9(13-8)14-10(17)11(18)15-12(2,3)7-16/h4-6,16H,7H2,1-3H3,(H,15,18)(H,13,14,17). The lowest BCUT2D eigenvalue weighted by Gasteiger charge is -2.22. The van der Waals surface area contributed by atoms with Crippen molar-refractivity contribution in [2.75, 3.05) is 11.9 Å². The van der Waals surface area contributed by atoms with Crippen LogP contribution >= 0.6 is 0 Å². The van der Waals surface area contributed by atoms with Crippen molar-refractivity contribution in [2.45, 2.75) is 26.3 Å². The van der Waals surface area contributed by atoms with Crippen LogP contribution in [-0.4, -0.2) is 34.1 Å². The Morgan fingerprint density at radius 1 is 1.33 bits per heavy atom. The first kappa shape index (κ1) is 14.1. The number of rotatable bonds is 3. The summed E-state index contributed by atoms with van der Waals surface area (Å²) < 4.78 is 0. The molecular formula is C12H17N3O3. The minimum Gasteiger partial charge on any atom is -0.394 e. The van der Waals surface area contributed by atoms with Gasteiger partial charge in [0.1, 0.15) is 5.82 Å². The molecular weight excluding hydrogens is 234 g/mol. The number of nitrogens with one attached hydrogen (secondary N) is 2. The van der Waals surface area contributed by atoms with E-state index < -0.39 is 17.4 Å². The molecule has 1 heterocycles. The molecule has 0 saturated heterocycles. The van der Waals surface area contributed by atoms with Gasteiger partial charge < -0.3 is 15.7 Å². The maximum absolute atomic E-state index is 11.6. The van der Waals surface area contributed by atoms with E-state index in [-0.39, 0.29) is 6.61 Å². The molecule has 6 nitrogen and oxygen atoms in total. The van der Waals surface area contributed by atoms with E-state index in [1.54, 1.807) is 39.0 Å². The second-order valence-corrected chi connectivity index (χ2v) is 4.61. The largest absolute Gasteiger partial charge is 0.394 e. The van der Waals surface area contributed by atoms with Crippen molar-refractivity contribution in [1.82, 2.24) is 10.3 Å². The molecule has 0 aliphatic rings. The number of aromatic nitrogens is 1. The summed E-state index contributed by atoms with van der Waals surface area (Å²) in [6, 6.07) is 5.10. The van der Waals surface area contributed by atoms with E-state index in [0.717, 1.165) is 5.69 Å². The Labute approximate surface area is 105 Å². The summed E-state index contributed by atoms with van der Waals surface area (Å²) in [5.74, 6) is -1.30. The first-order valence-corrected chi connectivity index (χ1v) is 5.52. The third kappa shape index (κ3) is 4.14. The van der Waals surface area contributed by atoms with Crippen LogP contribution in [0.25, 0.3) is 0 Å². The first-order chi connectivity index (χ1) is 8.34. The van der Waals surface area contributed by atoms with Crippen molar-refractivity contribution in [3.8, 4) is 0 Å². The van der Waals surface area contributed by atoms with E-state index in [2.05, 4.69) is 15.6 Å². The number of aliphatic hydroxyl groups excluding tert-OH is 1. The summed E-state index contributed by atoms with van der Waals surface area (Å²) in [6.07, 6.45) is 0. The van der Waals surface area contributed by atoms with Crippen LogP contribution < -0.4 is 10.6 Å². The first-order valence-electron chi connectivity index (χ1n) is 5.52. The van der Waals surface area contributed by atoms with Gasteiger partial charge in [-0.25, -0.2) is 4.98 Å². The smallest absolute Gasteiger partial charge is 0.314 e. The zero-order chi connectivity index (χ0) is 13.8. The lowest BCUT2D eigenvalue weighted by molar-refractivity contribution is -0.137. The quantitative estimate of drug-likeness (QED) is 0.670. The molecule has 2 amide bonds. The number of pyridine rings is 1. The summed E-state index contributed by atoms with van der Waals surface area (Å²) in [5, 5.41) is 13.8. The van der Waals surface area contributed by atoms with Crippen molar-refractivity contribution in [3.05, 3.63) is 23.9 Å². The van der Waals surface area contributed by atoms with Crippen LogP contribution in [0, 0.1) is 6.92 Å². The van der Waals surface area contributed by atoms with Crippen LogP contribution in [-0.2, 0) is 9.59 Å². The SMILES string of the molecule is Cc1cccc(NC(=O)C(=O)NC(C)(C)CO)n1. The second-order valence-electron chi connectivity index (χ2n) is 4.61. The number of carbonyl (C=O) groups is 2. The zero-order valence-corrected chi connectivity index (χ0v) is 10.7. The fourth-order valence-electron chi connectivity index (χ4n) is 1.19. The van der Waals surface area contributed by atoms with Gasteiger partial charge in [0.2, 0.25) is 0 Å². The van der Waals surface area contributed by atoms with E-state index in [4.69, 9.17) is 5.11 Å². The van der Waals surface area contributed by atoms with Crippen LogP contribution in [0.5, 0.6) is 0 Å². The van der Waals surface area contributed by atoms with Crippen molar-refractivity contribution in [2.24, 2.45) is 0 Å². The van der Waals surface area contributed by atoms with E-state index >= 15 is 0 Å². The lowest BCUT2D eigenvalue weighted by Crippen LogP contribution is -2.50. The third-order valence-corrected chi connectivity index (χ3v) is 2.18. The van der Waals surface area contributed by atoms with E-state index in [1.165, 1.54) is 0 Å². The summed E-state index contributed by atoms with van der Waals surface area (Å²) >= 11 is 0. The highest BCUT2D eigenvalue weighted by Gasteiger charge is 2.23. The molecule has 3 N–H and O–H groups in total. The fourth-order valence-corrected chi connectivity index (χ4v) is 1.19. The van der Waals surface area contributed by atoms with Gasteiger partial charge in [-0.15, -0.1) is 0 Å². The second kappa shape index (κ2) is 5.59. The minimum absolute atomic E-state index is 0.255. The van der Waals surface area contributed by atoms with Gasteiger partial charge in [-0.3, -0.25) is 9.59 Å². The highest BCUT2D eigenvalue weighted by atomic mass is 16.3. The van der Waals surface area contributed by atoms with Crippen molar-refractivity contribution in [3.63, 3.8) is 0 Å². The molecule has 0 saturated carbocycles. The molecule has 0 atom stereocenters. The molecule has 1 aromatic rings. The Morgan fingerprint density at radius 2 is 2.00 bits per heavy atom. The van der Waals surface area contributed by atoms with Crippen LogP contribution in [0.3, 0.4) is 0 Å². The monoisotopic (exact) mass is 251 g/mol. The number of hydrogen-bond donors (Lipinski definition) is 3. The Balaban J connectivity index is 2.63. The van der Waals surface area contributed by atoms with Gasteiger partial charge in [0, 0.05) is 5.69 Å². The van der Waals surface area contributed by atoms with Crippen molar-refractivity contribution < 1.29 is 14.7 Å².